The Kier molecular flexibility index (Phi) is 4.99. The van der Waals surface area contributed by atoms with Gasteiger partial charge in [0.15, 0.2) is 0 Å². The smallest absolute Gasteiger partial charge is 0.228 e. The summed E-state index contributed by atoms with van der Waals surface area (Å²) in [6.07, 6.45) is 4.63. The molecule has 1 amide bonds. The van der Waals surface area contributed by atoms with Crippen LogP contribution in [0.3, 0.4) is 0 Å². The highest BCUT2D eigenvalue weighted by atomic mass is 16.2. The van der Waals surface area contributed by atoms with Gasteiger partial charge in [0.1, 0.15) is 12.1 Å². The Morgan fingerprint density at radius 2 is 1.67 bits per heavy atom. The van der Waals surface area contributed by atoms with Gasteiger partial charge in [0, 0.05) is 12.8 Å². The van der Waals surface area contributed by atoms with Crippen molar-refractivity contribution in [3.8, 4) is 0 Å². The Balaban J connectivity index is 1.93. The third-order valence-electron chi connectivity index (χ3n) is 6.56. The van der Waals surface area contributed by atoms with Gasteiger partial charge in [0.2, 0.25) is 5.91 Å². The number of likely N-dealkylation sites (tertiary alicyclic amines) is 1. The summed E-state index contributed by atoms with van der Waals surface area (Å²) in [6, 6.07) is 1.30. The number of piperidine rings is 1. The van der Waals surface area contributed by atoms with Crippen LogP contribution in [0.15, 0.2) is 0 Å². The average Bonchev–Trinajstić information content (AvgIpc) is 2.43. The molecule has 0 aromatic carbocycles. The predicted octanol–water partition coefficient (Wildman–Crippen LogP) is 1.70. The van der Waals surface area contributed by atoms with Crippen LogP contribution < -0.4 is 0 Å². The maximum atomic E-state index is 12.6. The molecule has 4 heteroatoms. The number of hydrogen-bond acceptors (Lipinski definition) is 1. The number of carbonyl (C=O) groups is 1. The molecule has 2 heterocycles. The van der Waals surface area contributed by atoms with Crippen molar-refractivity contribution in [2.24, 2.45) is 0 Å². The van der Waals surface area contributed by atoms with E-state index in [2.05, 4.69) is 39.9 Å². The van der Waals surface area contributed by atoms with Crippen LogP contribution in [0.4, 0.5) is 0 Å². The normalized spacial score (nSPS) is 28.5. The zero-order valence-electron chi connectivity index (χ0n) is 14.8. The summed E-state index contributed by atoms with van der Waals surface area (Å²) in [5.41, 5.74) is 0. The fourth-order valence-electron chi connectivity index (χ4n) is 4.01. The Bertz CT molecular complexity index is 360. The quantitative estimate of drug-likeness (QED) is 0.707. The first-order valence-corrected chi connectivity index (χ1v) is 8.77. The van der Waals surface area contributed by atoms with Crippen molar-refractivity contribution >= 4 is 5.91 Å². The number of quaternary nitrogens is 2. The van der Waals surface area contributed by atoms with Gasteiger partial charge in [-0.25, -0.2) is 0 Å². The topological polar surface area (TPSA) is 20.3 Å². The van der Waals surface area contributed by atoms with Crippen LogP contribution in [0.5, 0.6) is 0 Å². The van der Waals surface area contributed by atoms with Crippen LogP contribution in [-0.4, -0.2) is 85.7 Å². The molecular weight excluding hydrogens is 262 g/mol. The third kappa shape index (κ3) is 3.42. The van der Waals surface area contributed by atoms with E-state index in [4.69, 9.17) is 0 Å². The Morgan fingerprint density at radius 3 is 2.14 bits per heavy atom. The molecule has 0 N–H and O–H groups in total. The molecule has 2 fully saturated rings. The van der Waals surface area contributed by atoms with Crippen LogP contribution in [0, 0.1) is 0 Å². The van der Waals surface area contributed by atoms with Crippen molar-refractivity contribution in [3.63, 3.8) is 0 Å². The zero-order chi connectivity index (χ0) is 15.7. The number of carbonyl (C=O) groups excluding carboxylic acids is 1. The highest BCUT2D eigenvalue weighted by Gasteiger charge is 2.46. The van der Waals surface area contributed by atoms with E-state index >= 15 is 0 Å². The van der Waals surface area contributed by atoms with E-state index < -0.39 is 0 Å². The molecule has 2 saturated heterocycles. The van der Waals surface area contributed by atoms with Crippen molar-refractivity contribution in [1.82, 2.24) is 4.90 Å². The monoisotopic (exact) mass is 297 g/mol. The van der Waals surface area contributed by atoms with Gasteiger partial charge >= 0.3 is 0 Å². The number of nitrogens with zero attached hydrogens (tertiary/aromatic N) is 3. The highest BCUT2D eigenvalue weighted by molar-refractivity contribution is 5.76. The van der Waals surface area contributed by atoms with E-state index in [0.29, 0.717) is 24.4 Å². The van der Waals surface area contributed by atoms with Crippen molar-refractivity contribution in [1.29, 1.82) is 0 Å². The van der Waals surface area contributed by atoms with Gasteiger partial charge < -0.3 is 13.9 Å². The number of piperazine rings is 1. The van der Waals surface area contributed by atoms with E-state index in [1.54, 1.807) is 0 Å². The van der Waals surface area contributed by atoms with Crippen LogP contribution >= 0.6 is 0 Å². The first-order valence-electron chi connectivity index (χ1n) is 8.77. The summed E-state index contributed by atoms with van der Waals surface area (Å²) in [5.74, 6) is 0.387. The molecule has 2 rings (SSSR count). The number of likely N-dealkylation sites (N-methyl/N-ethyl adjacent to an activating group) is 1. The molecule has 0 aromatic heterocycles. The molecule has 2 aliphatic heterocycles. The summed E-state index contributed by atoms with van der Waals surface area (Å²) in [6.45, 7) is 9.60. The van der Waals surface area contributed by atoms with Gasteiger partial charge in [-0.15, -0.1) is 0 Å². The number of amides is 1. The van der Waals surface area contributed by atoms with Gasteiger partial charge in [0.05, 0.1) is 60.3 Å². The van der Waals surface area contributed by atoms with Crippen LogP contribution in [0.25, 0.3) is 0 Å². The Hall–Kier alpha value is -0.610. The summed E-state index contributed by atoms with van der Waals surface area (Å²) in [4.78, 5) is 14.8. The van der Waals surface area contributed by atoms with E-state index in [-0.39, 0.29) is 0 Å². The van der Waals surface area contributed by atoms with E-state index in [1.807, 2.05) is 0 Å². The number of hydrogen-bond donors (Lipinski definition) is 0. The van der Waals surface area contributed by atoms with Gasteiger partial charge in [-0.2, -0.15) is 0 Å². The number of fused-ring (bicyclic) bond motifs is 2. The molecular formula is C17H35N3O+2. The Morgan fingerprint density at radius 1 is 1.14 bits per heavy atom. The van der Waals surface area contributed by atoms with Crippen LogP contribution in [0.1, 0.15) is 39.5 Å². The lowest BCUT2D eigenvalue weighted by Crippen LogP contribution is -2.69. The van der Waals surface area contributed by atoms with Crippen LogP contribution in [-0.2, 0) is 4.79 Å². The minimum absolute atomic E-state index is 0.387. The summed E-state index contributed by atoms with van der Waals surface area (Å²) < 4.78 is 2.13. The average molecular weight is 297 g/mol. The van der Waals surface area contributed by atoms with Crippen molar-refractivity contribution < 1.29 is 13.8 Å². The molecule has 21 heavy (non-hydrogen) atoms. The first-order chi connectivity index (χ1) is 9.82. The SMILES string of the molecule is CC[N+](C)(CC)CCC(=O)N1CC2CCCC(C1)[N+]2(C)C. The molecule has 0 aliphatic carbocycles. The molecule has 2 unspecified atom stereocenters. The fraction of sp³-hybridized carbons (Fsp3) is 0.941. The maximum Gasteiger partial charge on any atom is 0.228 e. The third-order valence-corrected chi connectivity index (χ3v) is 6.56. The van der Waals surface area contributed by atoms with E-state index in [0.717, 1.165) is 41.7 Å². The predicted molar refractivity (Wildman–Crippen MR) is 86.9 cm³/mol. The lowest BCUT2D eigenvalue weighted by Gasteiger charge is -2.54. The molecule has 0 spiro atoms. The molecule has 4 nitrogen and oxygen atoms in total. The van der Waals surface area contributed by atoms with Crippen LogP contribution in [0.2, 0.25) is 0 Å². The second-order valence-electron chi connectivity index (χ2n) is 7.89. The lowest BCUT2D eigenvalue weighted by atomic mass is 9.89. The molecule has 0 radical (unpaired) electrons. The minimum Gasteiger partial charge on any atom is -0.331 e. The van der Waals surface area contributed by atoms with E-state index in [9.17, 15) is 4.79 Å². The minimum atomic E-state index is 0.387. The largest absolute Gasteiger partial charge is 0.331 e. The fourth-order valence-corrected chi connectivity index (χ4v) is 4.01. The first kappa shape index (κ1) is 16.8. The summed E-state index contributed by atoms with van der Waals surface area (Å²) >= 11 is 0. The molecule has 2 aliphatic rings. The zero-order valence-corrected chi connectivity index (χ0v) is 14.8. The van der Waals surface area contributed by atoms with Gasteiger partial charge in [-0.3, -0.25) is 4.79 Å². The van der Waals surface area contributed by atoms with Crippen molar-refractivity contribution in [2.45, 2.75) is 51.6 Å². The van der Waals surface area contributed by atoms with E-state index in [1.165, 1.54) is 19.3 Å². The van der Waals surface area contributed by atoms with Crippen molar-refractivity contribution in [3.05, 3.63) is 0 Å². The van der Waals surface area contributed by atoms with Crippen molar-refractivity contribution in [2.75, 3.05) is 53.9 Å². The molecule has 122 valence electrons. The lowest BCUT2D eigenvalue weighted by molar-refractivity contribution is -0.948. The molecule has 0 saturated carbocycles. The second-order valence-corrected chi connectivity index (χ2v) is 7.89. The molecule has 2 atom stereocenters. The number of rotatable bonds is 5. The van der Waals surface area contributed by atoms with Gasteiger partial charge in [-0.05, 0) is 20.3 Å². The van der Waals surface area contributed by atoms with Gasteiger partial charge in [0.25, 0.3) is 0 Å². The summed E-state index contributed by atoms with van der Waals surface area (Å²) in [5, 5.41) is 0. The standard InChI is InChI=1S/C17H35N3O/c1-6-20(5,7-2)12-11-17(21)18-13-15-9-8-10-16(14-18)19(15,3)4/h15-16H,6-14H2,1-5H3/q+2. The maximum absolute atomic E-state index is 12.6. The summed E-state index contributed by atoms with van der Waals surface area (Å²) in [7, 11) is 6.98. The molecule has 0 aromatic rings. The highest BCUT2D eigenvalue weighted by Crippen LogP contribution is 2.32. The Labute approximate surface area is 130 Å². The molecule has 2 bridgehead atoms. The van der Waals surface area contributed by atoms with Gasteiger partial charge in [-0.1, -0.05) is 0 Å². The second kappa shape index (κ2) is 6.25.